The molecule has 86 valence electrons. The largest absolute Gasteiger partial charge is 0.287 e. The van der Waals surface area contributed by atoms with Gasteiger partial charge in [-0.3, -0.25) is 5.01 Å². The lowest BCUT2D eigenvalue weighted by atomic mass is 10.1. The topological polar surface area (TPSA) is 29.3 Å². The maximum absolute atomic E-state index is 5.91. The molecule has 0 aliphatic carbocycles. The summed E-state index contributed by atoms with van der Waals surface area (Å²) in [6, 6.07) is 20.2. The third-order valence-electron chi connectivity index (χ3n) is 2.52. The maximum Gasteiger partial charge on any atom is 0.0568 e. The first kappa shape index (κ1) is 11.4. The Balaban J connectivity index is 1.93. The van der Waals surface area contributed by atoms with Gasteiger partial charge in [0.05, 0.1) is 5.69 Å². The van der Waals surface area contributed by atoms with Crippen molar-refractivity contribution in [1.29, 1.82) is 0 Å². The molecule has 0 heterocycles. The highest BCUT2D eigenvalue weighted by Gasteiger charge is 1.94. The van der Waals surface area contributed by atoms with E-state index in [9.17, 15) is 0 Å². The number of hydrazine groups is 1. The number of nitrogens with zero attached hydrogens (tertiary/aromatic N) is 1. The van der Waals surface area contributed by atoms with Crippen LogP contribution in [0, 0.1) is 0 Å². The van der Waals surface area contributed by atoms with Gasteiger partial charge in [-0.05, 0) is 24.1 Å². The number of benzene rings is 2. The summed E-state index contributed by atoms with van der Waals surface area (Å²) in [5.74, 6) is 5.91. The van der Waals surface area contributed by atoms with Gasteiger partial charge in [0.1, 0.15) is 0 Å². The van der Waals surface area contributed by atoms with Crippen LogP contribution in [0.3, 0.4) is 0 Å². The molecule has 0 unspecified atom stereocenters. The summed E-state index contributed by atoms with van der Waals surface area (Å²) in [5, 5.41) is 1.63. The number of nitrogens with two attached hydrogens (primary N) is 1. The summed E-state index contributed by atoms with van der Waals surface area (Å²) in [6.07, 6.45) is 4.84. The van der Waals surface area contributed by atoms with E-state index in [1.54, 1.807) is 5.01 Å². The molecule has 0 aliphatic rings. The maximum atomic E-state index is 5.91. The Morgan fingerprint density at radius 2 is 1.47 bits per heavy atom. The van der Waals surface area contributed by atoms with Crippen LogP contribution in [0.2, 0.25) is 0 Å². The van der Waals surface area contributed by atoms with Gasteiger partial charge in [0, 0.05) is 6.20 Å². The van der Waals surface area contributed by atoms with Crippen LogP contribution >= 0.6 is 0 Å². The Morgan fingerprint density at radius 3 is 2.12 bits per heavy atom. The molecule has 0 amide bonds. The van der Waals surface area contributed by atoms with Crippen LogP contribution in [-0.4, -0.2) is 0 Å². The zero-order valence-corrected chi connectivity index (χ0v) is 9.66. The van der Waals surface area contributed by atoms with E-state index >= 15 is 0 Å². The van der Waals surface area contributed by atoms with Crippen molar-refractivity contribution < 1.29 is 0 Å². The molecule has 0 aliphatic heterocycles. The van der Waals surface area contributed by atoms with Crippen molar-refractivity contribution in [1.82, 2.24) is 0 Å². The van der Waals surface area contributed by atoms with E-state index in [0.717, 1.165) is 12.1 Å². The number of hydrogen-bond acceptors (Lipinski definition) is 2. The SMILES string of the molecule is NN(C=CCc1ccccc1)c1ccccc1. The van der Waals surface area contributed by atoms with E-state index in [4.69, 9.17) is 5.84 Å². The third-order valence-corrected chi connectivity index (χ3v) is 2.52. The monoisotopic (exact) mass is 224 g/mol. The minimum absolute atomic E-state index is 0.890. The van der Waals surface area contributed by atoms with Gasteiger partial charge in [-0.25, -0.2) is 5.84 Å². The summed E-state index contributed by atoms with van der Waals surface area (Å²) in [5.41, 5.74) is 2.27. The van der Waals surface area contributed by atoms with Crippen molar-refractivity contribution in [2.24, 2.45) is 5.84 Å². The molecule has 0 bridgehead atoms. The second kappa shape index (κ2) is 5.87. The van der Waals surface area contributed by atoms with E-state index in [2.05, 4.69) is 18.2 Å². The van der Waals surface area contributed by atoms with E-state index in [-0.39, 0.29) is 0 Å². The quantitative estimate of drug-likeness (QED) is 0.638. The second-order valence-electron chi connectivity index (χ2n) is 3.82. The third kappa shape index (κ3) is 3.47. The van der Waals surface area contributed by atoms with Crippen LogP contribution in [0.25, 0.3) is 0 Å². The normalized spacial score (nSPS) is 10.6. The average Bonchev–Trinajstić information content (AvgIpc) is 2.41. The van der Waals surface area contributed by atoms with Crippen LogP contribution in [0.15, 0.2) is 72.9 Å². The van der Waals surface area contributed by atoms with Crippen molar-refractivity contribution in [3.63, 3.8) is 0 Å². The zero-order chi connectivity index (χ0) is 11.9. The fourth-order valence-electron chi connectivity index (χ4n) is 1.60. The van der Waals surface area contributed by atoms with E-state index in [1.165, 1.54) is 5.56 Å². The molecular weight excluding hydrogens is 208 g/mol. The smallest absolute Gasteiger partial charge is 0.0568 e. The highest BCUT2D eigenvalue weighted by Crippen LogP contribution is 2.09. The summed E-state index contributed by atoms with van der Waals surface area (Å²) in [4.78, 5) is 0. The highest BCUT2D eigenvalue weighted by atomic mass is 15.4. The van der Waals surface area contributed by atoms with Crippen LogP contribution in [0.4, 0.5) is 5.69 Å². The lowest BCUT2D eigenvalue weighted by Crippen LogP contribution is -2.23. The van der Waals surface area contributed by atoms with E-state index in [0.29, 0.717) is 0 Å². The average molecular weight is 224 g/mol. The molecule has 0 saturated carbocycles. The predicted molar refractivity (Wildman–Crippen MR) is 72.4 cm³/mol. The Labute approximate surface area is 102 Å². The van der Waals surface area contributed by atoms with Crippen molar-refractivity contribution in [2.75, 3.05) is 5.01 Å². The molecule has 17 heavy (non-hydrogen) atoms. The Kier molecular flexibility index (Phi) is 3.95. The minimum atomic E-state index is 0.890. The first-order valence-electron chi connectivity index (χ1n) is 5.66. The van der Waals surface area contributed by atoms with Gasteiger partial charge in [-0.15, -0.1) is 0 Å². The van der Waals surface area contributed by atoms with Crippen molar-refractivity contribution >= 4 is 5.69 Å². The van der Waals surface area contributed by atoms with E-state index < -0.39 is 0 Å². The fourth-order valence-corrected chi connectivity index (χ4v) is 1.60. The molecule has 0 fully saturated rings. The number of rotatable bonds is 4. The predicted octanol–water partition coefficient (Wildman–Crippen LogP) is 3.12. The summed E-state index contributed by atoms with van der Waals surface area (Å²) in [7, 11) is 0. The molecule has 0 saturated heterocycles. The van der Waals surface area contributed by atoms with Crippen molar-refractivity contribution in [2.45, 2.75) is 6.42 Å². The standard InChI is InChI=1S/C15H16N2/c16-17(15-11-5-2-6-12-15)13-7-10-14-8-3-1-4-9-14/h1-9,11-13H,10,16H2. The van der Waals surface area contributed by atoms with Crippen LogP contribution < -0.4 is 10.9 Å². The van der Waals surface area contributed by atoms with Crippen LogP contribution in [0.1, 0.15) is 5.56 Å². The molecule has 2 N–H and O–H groups in total. The van der Waals surface area contributed by atoms with Crippen molar-refractivity contribution in [3.8, 4) is 0 Å². The van der Waals surface area contributed by atoms with Gasteiger partial charge in [0.15, 0.2) is 0 Å². The molecule has 2 nitrogen and oxygen atoms in total. The van der Waals surface area contributed by atoms with Crippen LogP contribution in [0.5, 0.6) is 0 Å². The molecule has 0 radical (unpaired) electrons. The summed E-state index contributed by atoms with van der Waals surface area (Å²) < 4.78 is 0. The number of hydrogen-bond donors (Lipinski definition) is 1. The Hall–Kier alpha value is -2.06. The zero-order valence-electron chi connectivity index (χ0n) is 9.66. The lowest BCUT2D eigenvalue weighted by molar-refractivity contribution is 1.06. The molecule has 2 heteroatoms. The molecule has 2 rings (SSSR count). The molecule has 2 aromatic rings. The number of para-hydroxylation sites is 1. The van der Waals surface area contributed by atoms with Gasteiger partial charge in [-0.1, -0.05) is 54.6 Å². The van der Waals surface area contributed by atoms with Gasteiger partial charge < -0.3 is 0 Å². The molecular formula is C15H16N2. The minimum Gasteiger partial charge on any atom is -0.287 e. The highest BCUT2D eigenvalue weighted by molar-refractivity contribution is 5.46. The molecule has 0 atom stereocenters. The number of allylic oxidation sites excluding steroid dienone is 1. The fraction of sp³-hybridized carbons (Fsp3) is 0.0667. The molecule has 0 aromatic heterocycles. The van der Waals surface area contributed by atoms with Crippen molar-refractivity contribution in [3.05, 3.63) is 78.5 Å². The Morgan fingerprint density at radius 1 is 0.882 bits per heavy atom. The van der Waals surface area contributed by atoms with E-state index in [1.807, 2.05) is 54.7 Å². The second-order valence-corrected chi connectivity index (χ2v) is 3.82. The first-order valence-corrected chi connectivity index (χ1v) is 5.66. The summed E-state index contributed by atoms with van der Waals surface area (Å²) >= 11 is 0. The first-order chi connectivity index (χ1) is 8.36. The molecule has 2 aromatic carbocycles. The summed E-state index contributed by atoms with van der Waals surface area (Å²) in [6.45, 7) is 0. The number of anilines is 1. The van der Waals surface area contributed by atoms with Crippen LogP contribution in [-0.2, 0) is 6.42 Å². The van der Waals surface area contributed by atoms with Gasteiger partial charge in [0.25, 0.3) is 0 Å². The van der Waals surface area contributed by atoms with Gasteiger partial charge >= 0.3 is 0 Å². The Bertz CT molecular complexity index is 463. The lowest BCUT2D eigenvalue weighted by Gasteiger charge is -2.12. The van der Waals surface area contributed by atoms with Gasteiger partial charge in [-0.2, -0.15) is 0 Å². The molecule has 0 spiro atoms. The van der Waals surface area contributed by atoms with Gasteiger partial charge in [0.2, 0.25) is 0 Å².